The third kappa shape index (κ3) is 6.17. The first-order valence-corrected chi connectivity index (χ1v) is 13.7. The van der Waals surface area contributed by atoms with Crippen molar-refractivity contribution in [3.63, 3.8) is 0 Å². The molecule has 8 heteroatoms. The molecule has 0 saturated carbocycles. The van der Waals surface area contributed by atoms with Crippen LogP contribution < -0.4 is 11.1 Å². The number of anilines is 2. The van der Waals surface area contributed by atoms with E-state index in [1.807, 2.05) is 31.2 Å². The van der Waals surface area contributed by atoms with Crippen LogP contribution in [0.5, 0.6) is 0 Å². The number of likely N-dealkylation sites (N-methyl/N-ethyl adjacent to an activating group) is 1. The van der Waals surface area contributed by atoms with E-state index in [9.17, 15) is 4.79 Å². The van der Waals surface area contributed by atoms with Crippen LogP contribution in [-0.4, -0.2) is 63.5 Å². The van der Waals surface area contributed by atoms with Gasteiger partial charge in [0.05, 0.1) is 0 Å². The van der Waals surface area contributed by atoms with Crippen LogP contribution in [0.15, 0.2) is 54.7 Å². The van der Waals surface area contributed by atoms with Crippen molar-refractivity contribution in [1.82, 2.24) is 24.4 Å². The molecule has 5 rings (SSSR count). The molecule has 0 bridgehead atoms. The zero-order valence-electron chi connectivity index (χ0n) is 24.0. The van der Waals surface area contributed by atoms with E-state index < -0.39 is 0 Å². The molecule has 40 heavy (non-hydrogen) atoms. The third-order valence-corrected chi connectivity index (χ3v) is 7.40. The first-order valence-electron chi connectivity index (χ1n) is 13.7. The molecule has 0 unspecified atom stereocenters. The lowest BCUT2D eigenvalue weighted by Crippen LogP contribution is -2.44. The Morgan fingerprint density at radius 1 is 1.00 bits per heavy atom. The molecule has 0 aliphatic carbocycles. The SMILES string of the molecule is Cc1ccc(C(=O)Nc2ccc(CN3CCN(C)CC3)c(C(C)(C)C)c2)cc1C#Cc1nnc2ccc(N)cn12. The van der Waals surface area contributed by atoms with Crippen molar-refractivity contribution in [3.05, 3.63) is 88.4 Å². The summed E-state index contributed by atoms with van der Waals surface area (Å²) in [5.74, 6) is 6.56. The van der Waals surface area contributed by atoms with Gasteiger partial charge in [-0.2, -0.15) is 0 Å². The standard InChI is InChI=1S/C32H37N7O/c1-22-6-7-24(18-23(22)9-12-29-35-36-30-13-10-26(33)21-39(29)30)31(40)34-27-11-8-25(28(19-27)32(2,3)4)20-38-16-14-37(5)15-17-38/h6-8,10-11,13,18-19,21H,14-17,20,33H2,1-5H3,(H,34,40). The van der Waals surface area contributed by atoms with E-state index >= 15 is 0 Å². The average molecular weight is 536 g/mol. The zero-order chi connectivity index (χ0) is 28.4. The fourth-order valence-corrected chi connectivity index (χ4v) is 4.95. The quantitative estimate of drug-likeness (QED) is 0.378. The predicted molar refractivity (Wildman–Crippen MR) is 160 cm³/mol. The van der Waals surface area contributed by atoms with E-state index in [-0.39, 0.29) is 11.3 Å². The number of rotatable bonds is 4. The average Bonchev–Trinajstić information content (AvgIpc) is 3.31. The maximum Gasteiger partial charge on any atom is 0.255 e. The van der Waals surface area contributed by atoms with Crippen molar-refractivity contribution in [2.45, 2.75) is 39.7 Å². The summed E-state index contributed by atoms with van der Waals surface area (Å²) in [7, 11) is 2.17. The number of aryl methyl sites for hydroxylation is 1. The van der Waals surface area contributed by atoms with E-state index in [2.05, 4.69) is 77.1 Å². The molecular weight excluding hydrogens is 498 g/mol. The van der Waals surface area contributed by atoms with Gasteiger partial charge in [-0.25, -0.2) is 0 Å². The number of nitrogens with one attached hydrogen (secondary N) is 1. The van der Waals surface area contributed by atoms with E-state index in [1.165, 1.54) is 11.1 Å². The molecular formula is C32H37N7O. The van der Waals surface area contributed by atoms with Gasteiger partial charge in [0.15, 0.2) is 5.65 Å². The topological polar surface area (TPSA) is 91.8 Å². The summed E-state index contributed by atoms with van der Waals surface area (Å²) in [6, 6.07) is 15.4. The molecule has 3 N–H and O–H groups in total. The number of carbonyl (C=O) groups is 1. The van der Waals surface area contributed by atoms with Gasteiger partial charge in [0, 0.05) is 61.4 Å². The minimum Gasteiger partial charge on any atom is -0.398 e. The molecule has 8 nitrogen and oxygen atoms in total. The van der Waals surface area contributed by atoms with Gasteiger partial charge >= 0.3 is 0 Å². The molecule has 0 atom stereocenters. The normalized spacial score (nSPS) is 14.6. The Bertz CT molecular complexity index is 1610. The Morgan fingerprint density at radius 3 is 2.52 bits per heavy atom. The van der Waals surface area contributed by atoms with Gasteiger partial charge in [-0.1, -0.05) is 38.8 Å². The highest BCUT2D eigenvalue weighted by Crippen LogP contribution is 2.30. The minimum atomic E-state index is -0.171. The van der Waals surface area contributed by atoms with E-state index in [1.54, 1.807) is 22.7 Å². The van der Waals surface area contributed by atoms with Gasteiger partial charge in [0.25, 0.3) is 5.91 Å². The molecule has 2 aromatic carbocycles. The Morgan fingerprint density at radius 2 is 1.77 bits per heavy atom. The molecule has 0 spiro atoms. The highest BCUT2D eigenvalue weighted by atomic mass is 16.1. The lowest BCUT2D eigenvalue weighted by molar-refractivity contribution is 0.102. The summed E-state index contributed by atoms with van der Waals surface area (Å²) in [5.41, 5.74) is 12.8. The first-order chi connectivity index (χ1) is 19.1. The number of aromatic nitrogens is 3. The molecule has 0 radical (unpaired) electrons. The number of fused-ring (bicyclic) bond motifs is 1. The lowest BCUT2D eigenvalue weighted by Gasteiger charge is -2.34. The summed E-state index contributed by atoms with van der Waals surface area (Å²) in [6.07, 6.45) is 1.75. The van der Waals surface area contributed by atoms with Crippen LogP contribution >= 0.6 is 0 Å². The number of nitrogens with zero attached hydrogens (tertiary/aromatic N) is 5. The van der Waals surface area contributed by atoms with Crippen LogP contribution in [0, 0.1) is 18.8 Å². The number of pyridine rings is 1. The van der Waals surface area contributed by atoms with Crippen LogP contribution in [0.1, 0.15) is 59.2 Å². The molecule has 1 aliphatic rings. The van der Waals surface area contributed by atoms with E-state index in [4.69, 9.17) is 5.73 Å². The highest BCUT2D eigenvalue weighted by molar-refractivity contribution is 6.04. The molecule has 206 valence electrons. The minimum absolute atomic E-state index is 0.0498. The number of hydrogen-bond acceptors (Lipinski definition) is 6. The van der Waals surface area contributed by atoms with Crippen molar-refractivity contribution >= 4 is 22.9 Å². The second-order valence-corrected chi connectivity index (χ2v) is 11.6. The van der Waals surface area contributed by atoms with Crippen molar-refractivity contribution < 1.29 is 4.79 Å². The highest BCUT2D eigenvalue weighted by Gasteiger charge is 2.22. The Hall–Kier alpha value is -4.19. The number of benzene rings is 2. The summed E-state index contributed by atoms with van der Waals surface area (Å²) in [6.45, 7) is 13.9. The predicted octanol–water partition coefficient (Wildman–Crippen LogP) is 4.32. The molecule has 1 amide bonds. The van der Waals surface area contributed by atoms with Gasteiger partial charge in [0.1, 0.15) is 0 Å². The Labute approximate surface area is 236 Å². The fourth-order valence-electron chi connectivity index (χ4n) is 4.95. The van der Waals surface area contributed by atoms with Crippen LogP contribution in [0.3, 0.4) is 0 Å². The maximum atomic E-state index is 13.3. The number of amides is 1. The maximum absolute atomic E-state index is 13.3. The van der Waals surface area contributed by atoms with Crippen LogP contribution in [0.4, 0.5) is 11.4 Å². The summed E-state index contributed by atoms with van der Waals surface area (Å²) in [4.78, 5) is 18.2. The second-order valence-electron chi connectivity index (χ2n) is 11.6. The van der Waals surface area contributed by atoms with E-state index in [0.717, 1.165) is 49.5 Å². The van der Waals surface area contributed by atoms with Gasteiger partial charge in [-0.05, 0) is 78.4 Å². The van der Waals surface area contributed by atoms with Crippen molar-refractivity contribution in [2.24, 2.45) is 0 Å². The first kappa shape index (κ1) is 27.4. The molecule has 4 aromatic rings. The molecule has 1 fully saturated rings. The Kier molecular flexibility index (Phi) is 7.61. The second kappa shape index (κ2) is 11.1. The van der Waals surface area contributed by atoms with Crippen molar-refractivity contribution in [2.75, 3.05) is 44.3 Å². The molecule has 2 aromatic heterocycles. The Balaban J connectivity index is 1.35. The zero-order valence-corrected chi connectivity index (χ0v) is 24.0. The number of carbonyl (C=O) groups excluding carboxylic acids is 1. The number of nitrogen functional groups attached to an aromatic ring is 1. The lowest BCUT2D eigenvalue weighted by atomic mass is 9.83. The fraction of sp³-hybridized carbons (Fsp3) is 0.344. The van der Waals surface area contributed by atoms with Crippen LogP contribution in [0.25, 0.3) is 5.65 Å². The third-order valence-electron chi connectivity index (χ3n) is 7.40. The summed E-state index contributed by atoms with van der Waals surface area (Å²) in [5, 5.41) is 11.4. The number of nitrogens with two attached hydrogens (primary N) is 1. The van der Waals surface area contributed by atoms with Crippen LogP contribution in [-0.2, 0) is 12.0 Å². The molecule has 3 heterocycles. The molecule has 1 saturated heterocycles. The summed E-state index contributed by atoms with van der Waals surface area (Å²) >= 11 is 0. The summed E-state index contributed by atoms with van der Waals surface area (Å²) < 4.78 is 1.76. The number of hydrogen-bond donors (Lipinski definition) is 2. The van der Waals surface area contributed by atoms with Gasteiger partial charge < -0.3 is 16.0 Å². The van der Waals surface area contributed by atoms with Gasteiger partial charge in [-0.15, -0.1) is 10.2 Å². The van der Waals surface area contributed by atoms with E-state index in [0.29, 0.717) is 22.7 Å². The number of piperazine rings is 1. The van der Waals surface area contributed by atoms with Crippen LogP contribution in [0.2, 0.25) is 0 Å². The van der Waals surface area contributed by atoms with Crippen molar-refractivity contribution in [1.29, 1.82) is 0 Å². The van der Waals surface area contributed by atoms with Gasteiger partial charge in [-0.3, -0.25) is 14.1 Å². The smallest absolute Gasteiger partial charge is 0.255 e. The van der Waals surface area contributed by atoms with Gasteiger partial charge in [0.2, 0.25) is 5.82 Å². The van der Waals surface area contributed by atoms with Crippen molar-refractivity contribution in [3.8, 4) is 11.8 Å². The molecule has 1 aliphatic heterocycles. The largest absolute Gasteiger partial charge is 0.398 e. The monoisotopic (exact) mass is 535 g/mol.